The second-order valence-electron chi connectivity index (χ2n) is 6.29. The summed E-state index contributed by atoms with van der Waals surface area (Å²) in [7, 11) is 4.49. The summed E-state index contributed by atoms with van der Waals surface area (Å²) in [5.74, 6) is 0.696. The van der Waals surface area contributed by atoms with Crippen LogP contribution in [0.3, 0.4) is 0 Å². The summed E-state index contributed by atoms with van der Waals surface area (Å²) in [5, 5.41) is 1.59. The van der Waals surface area contributed by atoms with E-state index in [-0.39, 0.29) is 5.24 Å². The van der Waals surface area contributed by atoms with Gasteiger partial charge in [0, 0.05) is 18.3 Å². The number of nitrogens with zero attached hydrogens (tertiary/aromatic N) is 1. The van der Waals surface area contributed by atoms with E-state index in [1.807, 2.05) is 11.9 Å². The Morgan fingerprint density at radius 2 is 2.19 bits per heavy atom. The van der Waals surface area contributed by atoms with Crippen molar-refractivity contribution in [2.75, 3.05) is 7.05 Å². The van der Waals surface area contributed by atoms with Gasteiger partial charge in [-0.05, 0) is 18.8 Å². The zero-order valence-electron chi connectivity index (χ0n) is 10.5. The van der Waals surface area contributed by atoms with Crippen molar-refractivity contribution < 1.29 is 4.79 Å². The molecule has 0 aromatic carbocycles. The minimum Gasteiger partial charge on any atom is -0.333 e. The molecule has 0 aromatic rings. The first kappa shape index (κ1) is 11.0. The quantitative estimate of drug-likeness (QED) is 0.602. The van der Waals surface area contributed by atoms with E-state index < -0.39 is 0 Å². The Morgan fingerprint density at radius 3 is 2.88 bits per heavy atom. The fraction of sp³-hybridized carbons (Fsp3) is 0.917. The monoisotopic (exact) mass is 236 g/mol. The summed E-state index contributed by atoms with van der Waals surface area (Å²) in [6, 6.07) is 0.474. The largest absolute Gasteiger partial charge is 0.333 e. The third-order valence-corrected chi connectivity index (χ3v) is 6.75. The molecular formula is C12H19BNOS. The molecular weight excluding hydrogens is 217 g/mol. The Morgan fingerprint density at radius 1 is 1.50 bits per heavy atom. The van der Waals surface area contributed by atoms with Gasteiger partial charge in [-0.15, -0.1) is 0 Å². The lowest BCUT2D eigenvalue weighted by Gasteiger charge is -2.27. The van der Waals surface area contributed by atoms with E-state index in [0.29, 0.717) is 27.8 Å². The van der Waals surface area contributed by atoms with Crippen LogP contribution in [0.2, 0.25) is 10.6 Å². The molecule has 0 N–H and O–H groups in total. The zero-order valence-corrected chi connectivity index (χ0v) is 11.3. The minimum absolute atomic E-state index is 0.273. The number of rotatable bonds is 0. The van der Waals surface area contributed by atoms with Gasteiger partial charge in [0.15, 0.2) is 0 Å². The van der Waals surface area contributed by atoms with Crippen LogP contribution in [-0.2, 0) is 0 Å². The first-order valence-corrected chi connectivity index (χ1v) is 7.06. The molecule has 2 saturated heterocycles. The van der Waals surface area contributed by atoms with Crippen LogP contribution in [0.15, 0.2) is 0 Å². The molecule has 4 heteroatoms. The average Bonchev–Trinajstić information content (AvgIpc) is 2.67. The van der Waals surface area contributed by atoms with Gasteiger partial charge in [0.2, 0.25) is 0 Å². The number of thioether (sulfide) groups is 1. The van der Waals surface area contributed by atoms with Crippen molar-refractivity contribution in [1.82, 2.24) is 4.90 Å². The maximum atomic E-state index is 11.7. The highest BCUT2D eigenvalue weighted by molar-refractivity contribution is 8.14. The van der Waals surface area contributed by atoms with E-state index in [0.717, 1.165) is 0 Å². The number of hydrogen-bond acceptors (Lipinski definition) is 2. The zero-order chi connectivity index (χ0) is 11.7. The van der Waals surface area contributed by atoms with Crippen molar-refractivity contribution >= 4 is 24.3 Å². The molecule has 2 aliphatic heterocycles. The fourth-order valence-electron chi connectivity index (χ4n) is 3.80. The number of fused-ring (bicyclic) bond motifs is 2. The lowest BCUT2D eigenvalue weighted by Crippen LogP contribution is -2.34. The predicted molar refractivity (Wildman–Crippen MR) is 69.2 cm³/mol. The molecule has 16 heavy (non-hydrogen) atoms. The molecule has 3 fully saturated rings. The molecule has 0 aromatic heterocycles. The number of carbonyl (C=O) groups is 1. The van der Waals surface area contributed by atoms with Gasteiger partial charge in [-0.25, -0.2) is 0 Å². The van der Waals surface area contributed by atoms with Crippen molar-refractivity contribution in [3.05, 3.63) is 0 Å². The van der Waals surface area contributed by atoms with Crippen molar-refractivity contribution in [3.8, 4) is 0 Å². The molecule has 1 saturated carbocycles. The summed E-state index contributed by atoms with van der Waals surface area (Å²) in [6.07, 6.45) is 2.35. The van der Waals surface area contributed by atoms with Crippen LogP contribution < -0.4 is 0 Å². The second-order valence-corrected chi connectivity index (χ2v) is 7.48. The molecule has 0 bridgehead atoms. The smallest absolute Gasteiger partial charge is 0.282 e. The maximum Gasteiger partial charge on any atom is 0.282 e. The van der Waals surface area contributed by atoms with Crippen molar-refractivity contribution in [2.24, 2.45) is 5.92 Å². The Balaban J connectivity index is 1.91. The first-order chi connectivity index (χ1) is 7.37. The van der Waals surface area contributed by atoms with E-state index >= 15 is 0 Å². The summed E-state index contributed by atoms with van der Waals surface area (Å²) in [4.78, 5) is 13.7. The van der Waals surface area contributed by atoms with E-state index in [4.69, 9.17) is 0 Å². The number of hydrogen-bond donors (Lipinski definition) is 0. The fourth-order valence-corrected chi connectivity index (χ4v) is 5.24. The third-order valence-electron chi connectivity index (χ3n) is 5.48. The van der Waals surface area contributed by atoms with Gasteiger partial charge in [0.25, 0.3) is 5.24 Å². The van der Waals surface area contributed by atoms with Crippen LogP contribution in [0, 0.1) is 5.92 Å². The van der Waals surface area contributed by atoms with Gasteiger partial charge in [-0.1, -0.05) is 43.2 Å². The molecule has 2 heterocycles. The second kappa shape index (κ2) is 3.01. The summed E-state index contributed by atoms with van der Waals surface area (Å²) in [6.45, 7) is 7.12. The average molecular weight is 236 g/mol. The predicted octanol–water partition coefficient (Wildman–Crippen LogP) is 3.03. The Hall–Kier alpha value is -0.115. The van der Waals surface area contributed by atoms with Gasteiger partial charge in [-0.3, -0.25) is 4.79 Å². The van der Waals surface area contributed by atoms with Crippen LogP contribution >= 0.6 is 11.8 Å². The summed E-state index contributed by atoms with van der Waals surface area (Å²) in [5.41, 5.74) is 0. The van der Waals surface area contributed by atoms with Crippen LogP contribution in [0.25, 0.3) is 0 Å². The standard InChI is InChI=1S/C12H19BNOS/c1-7-5-8-9(16-10(15)14(8)4)6-11(2)12(7,3)13-11/h7-9H,5-6H2,1-4H3. The summed E-state index contributed by atoms with van der Waals surface area (Å²) < 4.78 is 0. The van der Waals surface area contributed by atoms with Gasteiger partial charge >= 0.3 is 0 Å². The molecule has 3 rings (SSSR count). The van der Waals surface area contributed by atoms with Crippen LogP contribution in [0.4, 0.5) is 4.79 Å². The lowest BCUT2D eigenvalue weighted by molar-refractivity contribution is 0.211. The molecule has 1 amide bonds. The van der Waals surface area contributed by atoms with Crippen LogP contribution in [0.1, 0.15) is 33.6 Å². The molecule has 1 radical (unpaired) electrons. The Kier molecular flexibility index (Phi) is 2.07. The highest BCUT2D eigenvalue weighted by atomic mass is 32.2. The Bertz CT molecular complexity index is 363. The van der Waals surface area contributed by atoms with E-state index in [2.05, 4.69) is 28.1 Å². The highest BCUT2D eigenvalue weighted by Crippen LogP contribution is 2.77. The van der Waals surface area contributed by atoms with Crippen molar-refractivity contribution in [2.45, 2.75) is 55.5 Å². The van der Waals surface area contributed by atoms with Crippen molar-refractivity contribution in [1.29, 1.82) is 0 Å². The first-order valence-electron chi connectivity index (χ1n) is 6.18. The van der Waals surface area contributed by atoms with E-state index in [1.165, 1.54) is 12.8 Å². The van der Waals surface area contributed by atoms with E-state index in [1.54, 1.807) is 11.8 Å². The SMILES string of the molecule is CC1CC2C(CC3(C)[B]C13C)SC(=O)N2C. The topological polar surface area (TPSA) is 20.3 Å². The molecule has 0 spiro atoms. The highest BCUT2D eigenvalue weighted by Gasteiger charge is 2.67. The molecule has 5 atom stereocenters. The maximum absolute atomic E-state index is 11.7. The molecule has 87 valence electrons. The van der Waals surface area contributed by atoms with Crippen LogP contribution in [0.5, 0.6) is 0 Å². The molecule has 1 aliphatic carbocycles. The summed E-state index contributed by atoms with van der Waals surface area (Å²) >= 11 is 1.57. The Labute approximate surface area is 103 Å². The molecule has 3 aliphatic rings. The van der Waals surface area contributed by atoms with E-state index in [9.17, 15) is 4.79 Å². The van der Waals surface area contributed by atoms with Gasteiger partial charge in [0.05, 0.1) is 0 Å². The third kappa shape index (κ3) is 1.20. The van der Waals surface area contributed by atoms with Crippen LogP contribution in [-0.4, -0.2) is 35.8 Å². The lowest BCUT2D eigenvalue weighted by atomic mass is 9.76. The minimum atomic E-state index is 0.273. The van der Waals surface area contributed by atoms with Gasteiger partial charge in [0.1, 0.15) is 7.28 Å². The number of carbonyl (C=O) groups excluding carboxylic acids is 1. The van der Waals surface area contributed by atoms with Gasteiger partial charge < -0.3 is 4.90 Å². The van der Waals surface area contributed by atoms with Gasteiger partial charge in [-0.2, -0.15) is 0 Å². The molecule has 5 unspecified atom stereocenters. The normalized spacial score (nSPS) is 55.1. The number of amides is 1. The van der Waals surface area contributed by atoms with Crippen molar-refractivity contribution in [3.63, 3.8) is 0 Å². The molecule has 2 nitrogen and oxygen atoms in total.